The molecule has 1 aliphatic heterocycles. The molecule has 1 fully saturated rings. The zero-order valence-electron chi connectivity index (χ0n) is 13.7. The molecule has 25 heavy (non-hydrogen) atoms. The van der Waals surface area contributed by atoms with E-state index in [1.807, 2.05) is 29.2 Å². The van der Waals surface area contributed by atoms with Crippen LogP contribution in [0.1, 0.15) is 23.2 Å². The Kier molecular flexibility index (Phi) is 4.24. The summed E-state index contributed by atoms with van der Waals surface area (Å²) < 4.78 is 5.97. The molecular weight excluding hydrogens is 316 g/mol. The van der Waals surface area contributed by atoms with Gasteiger partial charge in [-0.15, -0.1) is 0 Å². The van der Waals surface area contributed by atoms with Gasteiger partial charge in [0, 0.05) is 38.3 Å². The lowest BCUT2D eigenvalue weighted by atomic mass is 10.1. The van der Waals surface area contributed by atoms with E-state index in [-0.39, 0.29) is 12.0 Å². The van der Waals surface area contributed by atoms with Gasteiger partial charge in [-0.25, -0.2) is 9.97 Å². The Morgan fingerprint density at radius 2 is 1.84 bits per heavy atom. The SMILES string of the molecule is O=C(c1cccnc1)N1CCC(Oc2cnc3ccccc3n2)CC1. The number of fused-ring (bicyclic) bond motifs is 1. The molecule has 126 valence electrons. The standard InChI is InChI=1S/C19H18N4O2/c24-19(14-4-3-9-20-12-14)23-10-7-15(8-11-23)25-18-13-21-16-5-1-2-6-17(16)22-18/h1-6,9,12-13,15H,7-8,10-11H2. The Morgan fingerprint density at radius 3 is 2.60 bits per heavy atom. The maximum Gasteiger partial charge on any atom is 0.255 e. The van der Waals surface area contributed by atoms with Crippen molar-refractivity contribution >= 4 is 16.9 Å². The molecule has 0 unspecified atom stereocenters. The number of piperidine rings is 1. The second-order valence-electron chi connectivity index (χ2n) is 6.05. The Labute approximate surface area is 145 Å². The summed E-state index contributed by atoms with van der Waals surface area (Å²) in [6, 6.07) is 11.3. The second kappa shape index (κ2) is 6.84. The molecule has 6 nitrogen and oxygen atoms in total. The highest BCUT2D eigenvalue weighted by Crippen LogP contribution is 2.20. The molecule has 0 spiro atoms. The largest absolute Gasteiger partial charge is 0.473 e. The number of ether oxygens (including phenoxy) is 1. The summed E-state index contributed by atoms with van der Waals surface area (Å²) >= 11 is 0. The third-order valence-corrected chi connectivity index (χ3v) is 4.35. The van der Waals surface area contributed by atoms with Gasteiger partial charge in [0.05, 0.1) is 22.8 Å². The fourth-order valence-electron chi connectivity index (χ4n) is 3.02. The molecule has 6 heteroatoms. The predicted octanol–water partition coefficient (Wildman–Crippen LogP) is 2.71. The van der Waals surface area contributed by atoms with E-state index in [4.69, 9.17) is 4.74 Å². The van der Waals surface area contributed by atoms with Gasteiger partial charge in [0.15, 0.2) is 0 Å². The molecule has 1 saturated heterocycles. The molecule has 1 aromatic carbocycles. The van der Waals surface area contributed by atoms with Crippen LogP contribution in [0, 0.1) is 0 Å². The fraction of sp³-hybridized carbons (Fsp3) is 0.263. The molecule has 0 bridgehead atoms. The molecule has 1 aliphatic rings. The first-order chi connectivity index (χ1) is 12.3. The number of rotatable bonds is 3. The molecule has 0 atom stereocenters. The van der Waals surface area contributed by atoms with Gasteiger partial charge in [0.1, 0.15) is 6.10 Å². The Bertz CT molecular complexity index is 877. The highest BCUT2D eigenvalue weighted by atomic mass is 16.5. The number of likely N-dealkylation sites (tertiary alicyclic amines) is 1. The number of aromatic nitrogens is 3. The summed E-state index contributed by atoms with van der Waals surface area (Å²) in [6.07, 6.45) is 6.54. The summed E-state index contributed by atoms with van der Waals surface area (Å²) in [6.45, 7) is 1.33. The van der Waals surface area contributed by atoms with Gasteiger partial charge >= 0.3 is 0 Å². The minimum absolute atomic E-state index is 0.0250. The number of benzene rings is 1. The summed E-state index contributed by atoms with van der Waals surface area (Å²) in [4.78, 5) is 27.2. The summed E-state index contributed by atoms with van der Waals surface area (Å²) in [7, 11) is 0. The minimum Gasteiger partial charge on any atom is -0.473 e. The molecule has 0 aliphatic carbocycles. The van der Waals surface area contributed by atoms with Crippen LogP contribution in [0.4, 0.5) is 0 Å². The van der Waals surface area contributed by atoms with Crippen LogP contribution in [0.25, 0.3) is 11.0 Å². The normalized spacial score (nSPS) is 15.3. The molecule has 0 N–H and O–H groups in total. The topological polar surface area (TPSA) is 68.2 Å². The molecule has 1 amide bonds. The maximum absolute atomic E-state index is 12.4. The van der Waals surface area contributed by atoms with Crippen molar-refractivity contribution in [2.45, 2.75) is 18.9 Å². The smallest absolute Gasteiger partial charge is 0.255 e. The monoisotopic (exact) mass is 334 g/mol. The van der Waals surface area contributed by atoms with Crippen LogP contribution in [0.2, 0.25) is 0 Å². The van der Waals surface area contributed by atoms with Gasteiger partial charge in [-0.2, -0.15) is 0 Å². The van der Waals surface area contributed by atoms with Crippen molar-refractivity contribution in [3.8, 4) is 5.88 Å². The van der Waals surface area contributed by atoms with Crippen LogP contribution in [-0.2, 0) is 0 Å². The van der Waals surface area contributed by atoms with E-state index in [2.05, 4.69) is 15.0 Å². The molecular formula is C19H18N4O2. The average molecular weight is 334 g/mol. The van der Waals surface area contributed by atoms with Gasteiger partial charge in [-0.1, -0.05) is 12.1 Å². The molecule has 0 saturated carbocycles. The van der Waals surface area contributed by atoms with E-state index < -0.39 is 0 Å². The number of hydrogen-bond acceptors (Lipinski definition) is 5. The number of carbonyl (C=O) groups is 1. The first-order valence-electron chi connectivity index (χ1n) is 8.37. The zero-order valence-corrected chi connectivity index (χ0v) is 13.7. The highest BCUT2D eigenvalue weighted by molar-refractivity contribution is 5.93. The Morgan fingerprint density at radius 1 is 1.04 bits per heavy atom. The van der Waals surface area contributed by atoms with Gasteiger partial charge in [0.25, 0.3) is 5.91 Å². The van der Waals surface area contributed by atoms with Crippen LogP contribution in [-0.4, -0.2) is 45.0 Å². The van der Waals surface area contributed by atoms with Crippen LogP contribution in [0.15, 0.2) is 55.0 Å². The van der Waals surface area contributed by atoms with Gasteiger partial charge in [0.2, 0.25) is 5.88 Å². The van der Waals surface area contributed by atoms with E-state index in [9.17, 15) is 4.79 Å². The van der Waals surface area contributed by atoms with Crippen molar-refractivity contribution in [2.75, 3.05) is 13.1 Å². The number of para-hydroxylation sites is 2. The van der Waals surface area contributed by atoms with E-state index in [1.54, 1.807) is 30.7 Å². The Balaban J connectivity index is 1.37. The van der Waals surface area contributed by atoms with Crippen molar-refractivity contribution in [1.29, 1.82) is 0 Å². The first-order valence-corrected chi connectivity index (χ1v) is 8.37. The van der Waals surface area contributed by atoms with Crippen LogP contribution in [0.5, 0.6) is 5.88 Å². The van der Waals surface area contributed by atoms with Crippen LogP contribution in [0.3, 0.4) is 0 Å². The van der Waals surface area contributed by atoms with E-state index in [0.29, 0.717) is 24.5 Å². The maximum atomic E-state index is 12.4. The number of amides is 1. The summed E-state index contributed by atoms with van der Waals surface area (Å²) in [5, 5.41) is 0. The van der Waals surface area contributed by atoms with Crippen molar-refractivity contribution in [3.05, 3.63) is 60.6 Å². The first kappa shape index (κ1) is 15.5. The summed E-state index contributed by atoms with van der Waals surface area (Å²) in [5.41, 5.74) is 2.30. The van der Waals surface area contributed by atoms with Crippen molar-refractivity contribution in [3.63, 3.8) is 0 Å². The van der Waals surface area contributed by atoms with Gasteiger partial charge in [-0.05, 0) is 24.3 Å². The third-order valence-electron chi connectivity index (χ3n) is 4.35. The fourth-order valence-corrected chi connectivity index (χ4v) is 3.02. The Hall–Kier alpha value is -3.02. The van der Waals surface area contributed by atoms with E-state index in [0.717, 1.165) is 23.9 Å². The lowest BCUT2D eigenvalue weighted by molar-refractivity contribution is 0.0587. The lowest BCUT2D eigenvalue weighted by Gasteiger charge is -2.31. The van der Waals surface area contributed by atoms with E-state index in [1.165, 1.54) is 0 Å². The average Bonchev–Trinajstić information content (AvgIpc) is 2.69. The lowest BCUT2D eigenvalue weighted by Crippen LogP contribution is -2.41. The number of hydrogen-bond donors (Lipinski definition) is 0. The predicted molar refractivity (Wildman–Crippen MR) is 93.3 cm³/mol. The van der Waals surface area contributed by atoms with Crippen molar-refractivity contribution < 1.29 is 9.53 Å². The quantitative estimate of drug-likeness (QED) is 0.737. The third kappa shape index (κ3) is 3.42. The second-order valence-corrected chi connectivity index (χ2v) is 6.05. The number of nitrogens with zero attached hydrogens (tertiary/aromatic N) is 4. The van der Waals surface area contributed by atoms with Crippen molar-refractivity contribution in [2.24, 2.45) is 0 Å². The molecule has 4 rings (SSSR count). The number of pyridine rings is 1. The summed E-state index contributed by atoms with van der Waals surface area (Å²) in [5.74, 6) is 0.563. The zero-order chi connectivity index (χ0) is 17.1. The molecule has 0 radical (unpaired) electrons. The van der Waals surface area contributed by atoms with Gasteiger partial charge in [-0.3, -0.25) is 9.78 Å². The molecule has 3 aromatic rings. The van der Waals surface area contributed by atoms with Crippen LogP contribution < -0.4 is 4.74 Å². The minimum atomic E-state index is 0.0250. The number of carbonyl (C=O) groups excluding carboxylic acids is 1. The molecule has 2 aromatic heterocycles. The van der Waals surface area contributed by atoms with E-state index >= 15 is 0 Å². The van der Waals surface area contributed by atoms with Gasteiger partial charge < -0.3 is 9.64 Å². The van der Waals surface area contributed by atoms with Crippen molar-refractivity contribution in [1.82, 2.24) is 19.9 Å². The highest BCUT2D eigenvalue weighted by Gasteiger charge is 2.25. The molecule has 3 heterocycles. The van der Waals surface area contributed by atoms with Crippen LogP contribution >= 0.6 is 0 Å².